The molecule has 0 saturated heterocycles. The van der Waals surface area contributed by atoms with Crippen molar-refractivity contribution in [2.24, 2.45) is 0 Å². The van der Waals surface area contributed by atoms with Gasteiger partial charge in [-0.2, -0.15) is 0 Å². The van der Waals surface area contributed by atoms with Gasteiger partial charge in [0.25, 0.3) is 0 Å². The molecule has 0 fully saturated rings. The smallest absolute Gasteiger partial charge is 0.0830 e. The first-order valence-electron chi connectivity index (χ1n) is 6.62. The number of hydrogen-bond acceptors (Lipinski definition) is 1. The van der Waals surface area contributed by atoms with Gasteiger partial charge in [-0.1, -0.05) is 59.3 Å². The lowest BCUT2D eigenvalue weighted by Crippen LogP contribution is -2.02. The lowest BCUT2D eigenvalue weighted by atomic mass is 9.99. The first kappa shape index (κ1) is 14.3. The van der Waals surface area contributed by atoms with E-state index in [1.54, 1.807) is 0 Å². The van der Waals surface area contributed by atoms with Crippen LogP contribution >= 0.6 is 15.9 Å². The summed E-state index contributed by atoms with van der Waals surface area (Å²) >= 11 is 3.48. The van der Waals surface area contributed by atoms with E-state index in [0.717, 1.165) is 22.0 Å². The Kier molecular flexibility index (Phi) is 4.78. The Morgan fingerprint density at radius 1 is 1.05 bits per heavy atom. The predicted molar refractivity (Wildman–Crippen MR) is 83.4 cm³/mol. The minimum absolute atomic E-state index is 0.445. The minimum atomic E-state index is -0.445. The molecule has 19 heavy (non-hydrogen) atoms. The van der Waals surface area contributed by atoms with Crippen LogP contribution in [0, 0.1) is 6.92 Å². The largest absolute Gasteiger partial charge is 0.388 e. The summed E-state index contributed by atoms with van der Waals surface area (Å²) in [6.07, 6.45) is 1.26. The molecule has 0 aromatic heterocycles. The second-order valence-electron chi connectivity index (χ2n) is 4.90. The summed E-state index contributed by atoms with van der Waals surface area (Å²) in [6, 6.07) is 14.5. The van der Waals surface area contributed by atoms with Gasteiger partial charge in [0.1, 0.15) is 0 Å². The normalized spacial score (nSPS) is 12.4. The van der Waals surface area contributed by atoms with E-state index >= 15 is 0 Å². The highest BCUT2D eigenvalue weighted by Gasteiger charge is 2.09. The maximum absolute atomic E-state index is 10.3. The van der Waals surface area contributed by atoms with E-state index in [9.17, 15) is 5.11 Å². The Hall–Kier alpha value is -1.12. The van der Waals surface area contributed by atoms with Crippen molar-refractivity contribution in [1.29, 1.82) is 0 Å². The highest BCUT2D eigenvalue weighted by molar-refractivity contribution is 9.10. The van der Waals surface area contributed by atoms with Gasteiger partial charge >= 0.3 is 0 Å². The lowest BCUT2D eigenvalue weighted by Gasteiger charge is -2.13. The van der Waals surface area contributed by atoms with Crippen LogP contribution in [0.2, 0.25) is 0 Å². The highest BCUT2D eigenvalue weighted by Crippen LogP contribution is 2.23. The topological polar surface area (TPSA) is 20.2 Å². The lowest BCUT2D eigenvalue weighted by molar-refractivity contribution is 0.178. The van der Waals surface area contributed by atoms with Crippen LogP contribution in [-0.4, -0.2) is 5.11 Å². The molecule has 0 aliphatic rings. The molecule has 0 spiro atoms. The molecular formula is C17H19BrO. The molecule has 1 atom stereocenters. The number of aliphatic hydroxyl groups excluding tert-OH is 1. The van der Waals surface area contributed by atoms with Crippen molar-refractivity contribution in [3.63, 3.8) is 0 Å². The van der Waals surface area contributed by atoms with Crippen LogP contribution in [0.25, 0.3) is 0 Å². The predicted octanol–water partition coefficient (Wildman–Crippen LogP) is 4.60. The van der Waals surface area contributed by atoms with E-state index in [2.05, 4.69) is 47.1 Å². The first-order chi connectivity index (χ1) is 9.10. The Morgan fingerprint density at radius 3 is 2.26 bits per heavy atom. The molecule has 1 N–H and O–H groups in total. The molecule has 2 aromatic rings. The molecule has 0 aliphatic heterocycles. The molecular weight excluding hydrogens is 300 g/mol. The average molecular weight is 319 g/mol. The zero-order chi connectivity index (χ0) is 13.8. The summed E-state index contributed by atoms with van der Waals surface area (Å²) < 4.78 is 1.08. The van der Waals surface area contributed by atoms with Gasteiger partial charge in [-0.15, -0.1) is 0 Å². The van der Waals surface area contributed by atoms with Crippen molar-refractivity contribution in [2.45, 2.75) is 32.8 Å². The quantitative estimate of drug-likeness (QED) is 0.873. The van der Waals surface area contributed by atoms with Crippen LogP contribution in [0.5, 0.6) is 0 Å². The number of rotatable bonds is 4. The van der Waals surface area contributed by atoms with Crippen molar-refractivity contribution in [1.82, 2.24) is 0 Å². The summed E-state index contributed by atoms with van der Waals surface area (Å²) in [7, 11) is 0. The van der Waals surface area contributed by atoms with Gasteiger partial charge in [-0.25, -0.2) is 0 Å². The maximum Gasteiger partial charge on any atom is 0.0830 e. The minimum Gasteiger partial charge on any atom is -0.388 e. The maximum atomic E-state index is 10.3. The molecule has 0 radical (unpaired) electrons. The molecule has 0 heterocycles. The van der Waals surface area contributed by atoms with Crippen molar-refractivity contribution >= 4 is 15.9 Å². The van der Waals surface area contributed by atoms with E-state index in [1.807, 2.05) is 25.1 Å². The van der Waals surface area contributed by atoms with Crippen LogP contribution in [-0.2, 0) is 12.8 Å². The van der Waals surface area contributed by atoms with E-state index < -0.39 is 6.10 Å². The van der Waals surface area contributed by atoms with Gasteiger partial charge in [0.15, 0.2) is 0 Å². The van der Waals surface area contributed by atoms with Gasteiger partial charge in [0, 0.05) is 10.9 Å². The number of halogens is 1. The number of benzene rings is 2. The van der Waals surface area contributed by atoms with E-state index in [1.165, 1.54) is 11.1 Å². The van der Waals surface area contributed by atoms with Crippen molar-refractivity contribution < 1.29 is 5.11 Å². The molecule has 0 amide bonds. The van der Waals surface area contributed by atoms with Crippen molar-refractivity contribution in [2.75, 3.05) is 0 Å². The second kappa shape index (κ2) is 6.36. The summed E-state index contributed by atoms with van der Waals surface area (Å²) in [5.41, 5.74) is 4.63. The Labute approximate surface area is 123 Å². The second-order valence-corrected chi connectivity index (χ2v) is 5.75. The molecule has 0 bridgehead atoms. The molecule has 0 saturated carbocycles. The van der Waals surface area contributed by atoms with Crippen LogP contribution in [0.3, 0.4) is 0 Å². The molecule has 2 heteroatoms. The van der Waals surface area contributed by atoms with E-state index in [4.69, 9.17) is 0 Å². The third kappa shape index (κ3) is 3.68. The van der Waals surface area contributed by atoms with Crippen LogP contribution < -0.4 is 0 Å². The highest BCUT2D eigenvalue weighted by atomic mass is 79.9. The summed E-state index contributed by atoms with van der Waals surface area (Å²) in [4.78, 5) is 0. The molecule has 1 nitrogen and oxygen atoms in total. The molecule has 0 aliphatic carbocycles. The van der Waals surface area contributed by atoms with E-state index in [-0.39, 0.29) is 0 Å². The number of hydrogen-bond donors (Lipinski definition) is 1. The summed E-state index contributed by atoms with van der Waals surface area (Å²) in [5.74, 6) is 0. The molecule has 1 unspecified atom stereocenters. The van der Waals surface area contributed by atoms with Gasteiger partial charge in [-0.05, 0) is 41.7 Å². The van der Waals surface area contributed by atoms with Gasteiger partial charge in [0.05, 0.1) is 6.10 Å². The van der Waals surface area contributed by atoms with Crippen molar-refractivity contribution in [3.8, 4) is 0 Å². The number of aryl methyl sites for hydroxylation is 2. The van der Waals surface area contributed by atoms with Crippen LogP contribution in [0.4, 0.5) is 0 Å². The van der Waals surface area contributed by atoms with Crippen LogP contribution in [0.15, 0.2) is 46.9 Å². The van der Waals surface area contributed by atoms with Crippen molar-refractivity contribution in [3.05, 3.63) is 69.2 Å². The Balaban J connectivity index is 2.10. The van der Waals surface area contributed by atoms with Crippen LogP contribution in [0.1, 0.15) is 35.3 Å². The fourth-order valence-electron chi connectivity index (χ4n) is 2.13. The monoisotopic (exact) mass is 318 g/mol. The van der Waals surface area contributed by atoms with Gasteiger partial charge in [0.2, 0.25) is 0 Å². The van der Waals surface area contributed by atoms with E-state index in [0.29, 0.717) is 6.42 Å². The third-order valence-electron chi connectivity index (χ3n) is 3.43. The fraction of sp³-hybridized carbons (Fsp3) is 0.294. The summed E-state index contributed by atoms with van der Waals surface area (Å²) in [5, 5.41) is 10.3. The Bertz CT molecular complexity index is 546. The molecule has 2 aromatic carbocycles. The summed E-state index contributed by atoms with van der Waals surface area (Å²) in [6.45, 7) is 4.19. The first-order valence-corrected chi connectivity index (χ1v) is 7.41. The standard InChI is InChI=1S/C17H19BrO/c1-3-13-4-6-14(7-5-13)11-17(19)15-8-9-16(18)12(2)10-15/h4-10,17,19H,3,11H2,1-2H3. The molecule has 100 valence electrons. The molecule has 2 rings (SSSR count). The number of aliphatic hydroxyl groups is 1. The van der Waals surface area contributed by atoms with Gasteiger partial charge < -0.3 is 5.11 Å². The third-order valence-corrected chi connectivity index (χ3v) is 4.32. The SMILES string of the molecule is CCc1ccc(CC(O)c2ccc(Br)c(C)c2)cc1. The zero-order valence-corrected chi connectivity index (χ0v) is 12.9. The average Bonchev–Trinajstić information content (AvgIpc) is 2.42. The fourth-order valence-corrected chi connectivity index (χ4v) is 2.37. The van der Waals surface area contributed by atoms with Gasteiger partial charge in [-0.3, -0.25) is 0 Å². The Morgan fingerprint density at radius 2 is 1.68 bits per heavy atom. The zero-order valence-electron chi connectivity index (χ0n) is 11.4.